The fourth-order valence-corrected chi connectivity index (χ4v) is 3.35. The summed E-state index contributed by atoms with van der Waals surface area (Å²) in [5.74, 6) is 0.778. The molecule has 1 aromatic carbocycles. The molecule has 1 saturated heterocycles. The molecule has 1 saturated carbocycles. The molecule has 0 atom stereocenters. The first-order valence-corrected chi connectivity index (χ1v) is 9.04. The van der Waals surface area contributed by atoms with Crippen LogP contribution >= 0.6 is 0 Å². The van der Waals surface area contributed by atoms with Crippen molar-refractivity contribution in [3.05, 3.63) is 47.8 Å². The summed E-state index contributed by atoms with van der Waals surface area (Å²) in [4.78, 5) is 16.5. The maximum absolute atomic E-state index is 12.4. The summed E-state index contributed by atoms with van der Waals surface area (Å²) in [6, 6.07) is 8.69. The number of hydrogen-bond acceptors (Lipinski definition) is 3. The second-order valence-corrected chi connectivity index (χ2v) is 7.02. The molecule has 0 unspecified atom stereocenters. The minimum atomic E-state index is 0.0251. The number of nitrogens with zero attached hydrogens (tertiary/aromatic N) is 4. The molecule has 0 bridgehead atoms. The number of nitrogens with one attached hydrogen (secondary N) is 1. The van der Waals surface area contributed by atoms with E-state index in [4.69, 9.17) is 0 Å². The van der Waals surface area contributed by atoms with Gasteiger partial charge in [-0.1, -0.05) is 24.3 Å². The van der Waals surface area contributed by atoms with Gasteiger partial charge in [0.25, 0.3) is 0 Å². The lowest BCUT2D eigenvalue weighted by molar-refractivity contribution is 0.194. The van der Waals surface area contributed by atoms with Crippen LogP contribution in [0, 0.1) is 0 Å². The quantitative estimate of drug-likeness (QED) is 0.930. The maximum Gasteiger partial charge on any atom is 0.317 e. The van der Waals surface area contributed by atoms with Crippen LogP contribution in [0.15, 0.2) is 36.7 Å². The smallest absolute Gasteiger partial charge is 0.317 e. The zero-order chi connectivity index (χ0) is 17.2. The molecule has 1 aliphatic carbocycles. The van der Waals surface area contributed by atoms with E-state index < -0.39 is 0 Å². The second-order valence-electron chi connectivity index (χ2n) is 7.02. The molecule has 1 aliphatic heterocycles. The van der Waals surface area contributed by atoms with Crippen molar-refractivity contribution >= 4 is 11.7 Å². The van der Waals surface area contributed by atoms with Gasteiger partial charge in [-0.3, -0.25) is 4.68 Å². The summed E-state index contributed by atoms with van der Waals surface area (Å²) in [6.07, 6.45) is 6.53. The molecular formula is C19H25N5O. The SMILES string of the molecule is Cn1cc(N2CCN(C(=O)NCc3ccc(C4CC4)cc3)CC2)cn1. The van der Waals surface area contributed by atoms with Crippen molar-refractivity contribution in [3.63, 3.8) is 0 Å². The average Bonchev–Trinajstić information content (AvgIpc) is 3.41. The lowest BCUT2D eigenvalue weighted by atomic mass is 10.1. The number of aryl methyl sites for hydroxylation is 1. The fourth-order valence-electron chi connectivity index (χ4n) is 3.35. The van der Waals surface area contributed by atoms with E-state index >= 15 is 0 Å². The van der Waals surface area contributed by atoms with E-state index in [2.05, 4.69) is 39.6 Å². The molecular weight excluding hydrogens is 314 g/mol. The van der Waals surface area contributed by atoms with E-state index in [-0.39, 0.29) is 6.03 Å². The van der Waals surface area contributed by atoms with E-state index in [0.29, 0.717) is 6.54 Å². The molecule has 132 valence electrons. The van der Waals surface area contributed by atoms with Crippen molar-refractivity contribution in [2.45, 2.75) is 25.3 Å². The number of urea groups is 1. The minimum absolute atomic E-state index is 0.0251. The van der Waals surface area contributed by atoms with Gasteiger partial charge in [0.2, 0.25) is 0 Å². The average molecular weight is 339 g/mol. The van der Waals surface area contributed by atoms with Crippen molar-refractivity contribution in [1.29, 1.82) is 0 Å². The van der Waals surface area contributed by atoms with Crippen LogP contribution < -0.4 is 10.2 Å². The summed E-state index contributed by atoms with van der Waals surface area (Å²) in [7, 11) is 1.92. The predicted molar refractivity (Wildman–Crippen MR) is 97.6 cm³/mol. The van der Waals surface area contributed by atoms with E-state index in [1.54, 1.807) is 0 Å². The van der Waals surface area contributed by atoms with Crippen LogP contribution in [0.3, 0.4) is 0 Å². The van der Waals surface area contributed by atoms with Gasteiger partial charge in [0.15, 0.2) is 0 Å². The molecule has 1 aromatic heterocycles. The van der Waals surface area contributed by atoms with Crippen LogP contribution in [-0.2, 0) is 13.6 Å². The highest BCUT2D eigenvalue weighted by atomic mass is 16.2. The third kappa shape index (κ3) is 3.78. The Labute approximate surface area is 148 Å². The van der Waals surface area contributed by atoms with Gasteiger partial charge in [0, 0.05) is 46.0 Å². The molecule has 25 heavy (non-hydrogen) atoms. The number of benzene rings is 1. The predicted octanol–water partition coefficient (Wildman–Crippen LogP) is 2.33. The number of anilines is 1. The molecule has 2 amide bonds. The molecule has 4 rings (SSSR count). The minimum Gasteiger partial charge on any atom is -0.365 e. The molecule has 1 N–H and O–H groups in total. The molecule has 2 fully saturated rings. The summed E-state index contributed by atoms with van der Waals surface area (Å²) < 4.78 is 1.81. The number of aromatic nitrogens is 2. The van der Waals surface area contributed by atoms with Crippen LogP contribution in [-0.4, -0.2) is 46.9 Å². The molecule has 6 nitrogen and oxygen atoms in total. The van der Waals surface area contributed by atoms with E-state index in [9.17, 15) is 4.79 Å². The monoisotopic (exact) mass is 339 g/mol. The van der Waals surface area contributed by atoms with Gasteiger partial charge >= 0.3 is 6.03 Å². The standard InChI is InChI=1S/C19H25N5O/c1-22-14-18(13-21-22)23-8-10-24(11-9-23)19(25)20-12-15-2-4-16(5-3-15)17-6-7-17/h2-5,13-14,17H,6-12H2,1H3,(H,20,25). The Balaban J connectivity index is 1.24. The maximum atomic E-state index is 12.4. The summed E-state index contributed by atoms with van der Waals surface area (Å²) >= 11 is 0. The first kappa shape index (κ1) is 16.0. The number of carbonyl (C=O) groups excluding carboxylic acids is 1. The summed E-state index contributed by atoms with van der Waals surface area (Å²) in [5, 5.41) is 7.26. The van der Waals surface area contributed by atoms with Gasteiger partial charge in [-0.25, -0.2) is 4.79 Å². The molecule has 2 aliphatic rings. The van der Waals surface area contributed by atoms with Gasteiger partial charge in [0.05, 0.1) is 11.9 Å². The fraction of sp³-hybridized carbons (Fsp3) is 0.474. The lowest BCUT2D eigenvalue weighted by Gasteiger charge is -2.35. The highest BCUT2D eigenvalue weighted by molar-refractivity contribution is 5.74. The van der Waals surface area contributed by atoms with Crippen LogP contribution in [0.1, 0.15) is 29.9 Å². The van der Waals surface area contributed by atoms with E-state index in [1.165, 1.54) is 18.4 Å². The van der Waals surface area contributed by atoms with Crippen molar-refractivity contribution in [3.8, 4) is 0 Å². The Kier molecular flexibility index (Phi) is 4.34. The normalized spacial score (nSPS) is 17.6. The van der Waals surface area contributed by atoms with Gasteiger partial charge in [-0.15, -0.1) is 0 Å². The Morgan fingerprint density at radius 3 is 2.48 bits per heavy atom. The summed E-state index contributed by atoms with van der Waals surface area (Å²) in [6.45, 7) is 3.75. The van der Waals surface area contributed by atoms with Gasteiger partial charge < -0.3 is 15.1 Å². The molecule has 0 spiro atoms. The first-order valence-electron chi connectivity index (χ1n) is 9.04. The van der Waals surface area contributed by atoms with Gasteiger partial charge in [-0.05, 0) is 29.9 Å². The third-order valence-corrected chi connectivity index (χ3v) is 5.10. The van der Waals surface area contributed by atoms with Crippen LogP contribution in [0.5, 0.6) is 0 Å². The Morgan fingerprint density at radius 2 is 1.88 bits per heavy atom. The topological polar surface area (TPSA) is 53.4 Å². The second kappa shape index (κ2) is 6.78. The highest BCUT2D eigenvalue weighted by Gasteiger charge is 2.23. The first-order chi connectivity index (χ1) is 12.2. The number of hydrogen-bond donors (Lipinski definition) is 1. The highest BCUT2D eigenvalue weighted by Crippen LogP contribution is 2.39. The number of amides is 2. The van der Waals surface area contributed by atoms with E-state index in [1.807, 2.05) is 29.0 Å². The molecule has 2 heterocycles. The van der Waals surface area contributed by atoms with Crippen LogP contribution in [0.4, 0.5) is 10.5 Å². The molecule has 6 heteroatoms. The van der Waals surface area contributed by atoms with Crippen molar-refractivity contribution < 1.29 is 4.79 Å². The van der Waals surface area contributed by atoms with Gasteiger partial charge in [-0.2, -0.15) is 5.10 Å². The number of piperazine rings is 1. The van der Waals surface area contributed by atoms with Crippen molar-refractivity contribution in [2.75, 3.05) is 31.1 Å². The molecule has 0 radical (unpaired) electrons. The summed E-state index contributed by atoms with van der Waals surface area (Å²) in [5.41, 5.74) is 3.71. The van der Waals surface area contributed by atoms with Crippen LogP contribution in [0.25, 0.3) is 0 Å². The van der Waals surface area contributed by atoms with Crippen LogP contribution in [0.2, 0.25) is 0 Å². The van der Waals surface area contributed by atoms with Crippen molar-refractivity contribution in [2.24, 2.45) is 7.05 Å². The number of rotatable bonds is 4. The van der Waals surface area contributed by atoms with Gasteiger partial charge in [0.1, 0.15) is 0 Å². The lowest BCUT2D eigenvalue weighted by Crippen LogP contribution is -2.51. The largest absolute Gasteiger partial charge is 0.365 e. The Bertz CT molecular complexity index is 727. The van der Waals surface area contributed by atoms with Crippen molar-refractivity contribution in [1.82, 2.24) is 20.0 Å². The zero-order valence-electron chi connectivity index (χ0n) is 14.7. The van der Waals surface area contributed by atoms with E-state index in [0.717, 1.165) is 43.3 Å². The number of carbonyl (C=O) groups is 1. The zero-order valence-corrected chi connectivity index (χ0v) is 14.7. The Hall–Kier alpha value is -2.50. The third-order valence-electron chi connectivity index (χ3n) is 5.10. The Morgan fingerprint density at radius 1 is 1.16 bits per heavy atom. The molecule has 2 aromatic rings.